The van der Waals surface area contributed by atoms with Gasteiger partial charge in [0.2, 0.25) is 5.90 Å². The molecular formula is C37H37FN2O5. The highest BCUT2D eigenvalue weighted by Crippen LogP contribution is 2.43. The second-order valence-electron chi connectivity index (χ2n) is 10.7. The van der Waals surface area contributed by atoms with Crippen LogP contribution in [0.2, 0.25) is 0 Å². The van der Waals surface area contributed by atoms with Crippen molar-refractivity contribution in [2.24, 2.45) is 4.99 Å². The first-order valence-corrected chi connectivity index (χ1v) is 15.0. The van der Waals surface area contributed by atoms with E-state index >= 15 is 0 Å². The first-order chi connectivity index (χ1) is 22.0. The van der Waals surface area contributed by atoms with Crippen LogP contribution in [-0.4, -0.2) is 49.3 Å². The molecule has 2 N–H and O–H groups in total. The first kappa shape index (κ1) is 31.5. The number of nitrogens with zero attached hydrogens (tertiary/aromatic N) is 1. The van der Waals surface area contributed by atoms with E-state index in [4.69, 9.17) is 24.3 Å². The van der Waals surface area contributed by atoms with Crippen LogP contribution in [0.15, 0.2) is 114 Å². The molecule has 0 fully saturated rings. The van der Waals surface area contributed by atoms with Crippen LogP contribution in [0.1, 0.15) is 41.2 Å². The van der Waals surface area contributed by atoms with E-state index in [0.717, 1.165) is 16.7 Å². The lowest BCUT2D eigenvalue weighted by Gasteiger charge is -2.30. The van der Waals surface area contributed by atoms with Crippen LogP contribution in [-0.2, 0) is 16.0 Å². The molecule has 45 heavy (non-hydrogen) atoms. The lowest BCUT2D eigenvalue weighted by Crippen LogP contribution is -2.48. The standard InChI is InChI=1S/C37H37FN2O5/c1-43-33-15-6-13-30(26-33)34-37(21-7-12-27-9-3-2-4-10-27,36(42)39-22-20-28-11-5-14-31(38)25-28)40-35(45-34)29-16-18-32(19-17-29)44-24-8-23-41/h2-7,9-19,25-26,34,41H,8,20-24H2,1H3,(H,39,42)/b12-7+/t34-,37-/m1/s1. The Morgan fingerprint density at radius 3 is 2.56 bits per heavy atom. The van der Waals surface area contributed by atoms with Crippen LogP contribution in [0.5, 0.6) is 11.5 Å². The molecule has 0 saturated carbocycles. The molecule has 0 unspecified atom stereocenters. The zero-order valence-electron chi connectivity index (χ0n) is 25.2. The smallest absolute Gasteiger partial charge is 0.252 e. The van der Waals surface area contributed by atoms with Crippen LogP contribution in [0, 0.1) is 5.82 Å². The lowest BCUT2D eigenvalue weighted by molar-refractivity contribution is -0.128. The fourth-order valence-corrected chi connectivity index (χ4v) is 5.22. The van der Waals surface area contributed by atoms with Gasteiger partial charge in [-0.1, -0.05) is 66.7 Å². The maximum Gasteiger partial charge on any atom is 0.252 e. The minimum Gasteiger partial charge on any atom is -0.497 e. The molecule has 1 amide bonds. The lowest BCUT2D eigenvalue weighted by atomic mass is 9.84. The number of ether oxygens (including phenoxy) is 3. The minimum atomic E-state index is -1.36. The summed E-state index contributed by atoms with van der Waals surface area (Å²) >= 11 is 0. The number of hydrogen-bond acceptors (Lipinski definition) is 6. The molecule has 4 aromatic carbocycles. The molecule has 8 heteroatoms. The van der Waals surface area contributed by atoms with Crippen molar-refractivity contribution in [2.75, 3.05) is 26.9 Å². The van der Waals surface area contributed by atoms with Gasteiger partial charge in [0.1, 0.15) is 17.3 Å². The van der Waals surface area contributed by atoms with Crippen LogP contribution in [0.3, 0.4) is 0 Å². The van der Waals surface area contributed by atoms with Crippen molar-refractivity contribution in [1.82, 2.24) is 5.32 Å². The number of nitrogens with one attached hydrogen (secondary N) is 1. The number of carbonyl (C=O) groups is 1. The molecule has 2 atom stereocenters. The van der Waals surface area contributed by atoms with Crippen molar-refractivity contribution in [3.05, 3.63) is 137 Å². The summed E-state index contributed by atoms with van der Waals surface area (Å²) in [7, 11) is 1.59. The number of benzene rings is 4. The number of aliphatic hydroxyl groups excluding tert-OH is 1. The highest BCUT2D eigenvalue weighted by atomic mass is 19.1. The van der Waals surface area contributed by atoms with Gasteiger partial charge in [0.05, 0.1) is 13.7 Å². The van der Waals surface area contributed by atoms with Gasteiger partial charge in [0.25, 0.3) is 5.91 Å². The fraction of sp³-hybridized carbons (Fsp3) is 0.243. The molecular weight excluding hydrogens is 571 g/mol. The third-order valence-corrected chi connectivity index (χ3v) is 7.55. The van der Waals surface area contributed by atoms with E-state index in [9.17, 15) is 9.18 Å². The van der Waals surface area contributed by atoms with Crippen LogP contribution in [0.4, 0.5) is 4.39 Å². The summed E-state index contributed by atoms with van der Waals surface area (Å²) in [6, 6.07) is 31.0. The Bertz CT molecular complexity index is 1620. The summed E-state index contributed by atoms with van der Waals surface area (Å²) in [5, 5.41) is 12.1. The van der Waals surface area contributed by atoms with Crippen molar-refractivity contribution >= 4 is 17.9 Å². The van der Waals surface area contributed by atoms with Crippen LogP contribution < -0.4 is 14.8 Å². The molecule has 4 aromatic rings. The van der Waals surface area contributed by atoms with Gasteiger partial charge in [-0.05, 0) is 71.6 Å². The Kier molecular flexibility index (Phi) is 10.6. The number of rotatable bonds is 14. The van der Waals surface area contributed by atoms with Gasteiger partial charge in [0.15, 0.2) is 11.6 Å². The molecule has 7 nitrogen and oxygen atoms in total. The summed E-state index contributed by atoms with van der Waals surface area (Å²) in [5.41, 5.74) is 1.86. The molecule has 1 aliphatic heterocycles. The largest absolute Gasteiger partial charge is 0.497 e. The number of aliphatic imine (C=N–C) groups is 1. The molecule has 0 bridgehead atoms. The van der Waals surface area contributed by atoms with E-state index in [1.807, 2.05) is 97.1 Å². The van der Waals surface area contributed by atoms with E-state index in [2.05, 4.69) is 5.32 Å². The number of halogens is 1. The molecule has 0 saturated heterocycles. The zero-order valence-corrected chi connectivity index (χ0v) is 25.2. The number of carbonyl (C=O) groups excluding carboxylic acids is 1. The second-order valence-corrected chi connectivity index (χ2v) is 10.7. The van der Waals surface area contributed by atoms with Gasteiger partial charge >= 0.3 is 0 Å². The molecule has 1 aliphatic rings. The molecule has 232 valence electrons. The minimum absolute atomic E-state index is 0.0551. The molecule has 0 aliphatic carbocycles. The van der Waals surface area contributed by atoms with Crippen LogP contribution in [0.25, 0.3) is 6.08 Å². The molecule has 1 heterocycles. The number of amides is 1. The number of hydrogen-bond donors (Lipinski definition) is 2. The van der Waals surface area contributed by atoms with Crippen LogP contribution >= 0.6 is 0 Å². The van der Waals surface area contributed by atoms with Crippen molar-refractivity contribution in [2.45, 2.75) is 30.9 Å². The van der Waals surface area contributed by atoms with Gasteiger partial charge in [-0.2, -0.15) is 0 Å². The summed E-state index contributed by atoms with van der Waals surface area (Å²) in [5.74, 6) is 1.00. The first-order valence-electron chi connectivity index (χ1n) is 15.0. The summed E-state index contributed by atoms with van der Waals surface area (Å²) in [6.45, 7) is 0.749. The monoisotopic (exact) mass is 608 g/mol. The summed E-state index contributed by atoms with van der Waals surface area (Å²) < 4.78 is 31.6. The summed E-state index contributed by atoms with van der Waals surface area (Å²) in [4.78, 5) is 19.3. The van der Waals surface area contributed by atoms with Crippen molar-refractivity contribution in [3.63, 3.8) is 0 Å². The second kappa shape index (κ2) is 15.2. The predicted molar refractivity (Wildman–Crippen MR) is 173 cm³/mol. The zero-order chi connectivity index (χ0) is 31.5. The van der Waals surface area contributed by atoms with Gasteiger partial charge < -0.3 is 24.6 Å². The van der Waals surface area contributed by atoms with Gasteiger partial charge in [-0.3, -0.25) is 4.79 Å². The van der Waals surface area contributed by atoms with Crippen molar-refractivity contribution in [3.8, 4) is 11.5 Å². The number of aliphatic hydroxyl groups is 1. The van der Waals surface area contributed by atoms with E-state index in [1.165, 1.54) is 12.1 Å². The SMILES string of the molecule is COc1cccc([C@H]2OC(c3ccc(OCCCO)cc3)=N[C@@]2(C/C=C/c2ccccc2)C(=O)NCCc2cccc(F)c2)c1. The maximum atomic E-state index is 14.3. The van der Waals surface area contributed by atoms with Crippen molar-refractivity contribution < 1.29 is 28.5 Å². The Hall–Kier alpha value is -4.95. The number of methoxy groups -OCH3 is 1. The van der Waals surface area contributed by atoms with Gasteiger partial charge in [-0.25, -0.2) is 9.38 Å². The Morgan fingerprint density at radius 2 is 1.80 bits per heavy atom. The molecule has 0 spiro atoms. The van der Waals surface area contributed by atoms with E-state index in [1.54, 1.807) is 13.2 Å². The third kappa shape index (κ3) is 7.96. The Morgan fingerprint density at radius 1 is 1.00 bits per heavy atom. The average molecular weight is 609 g/mol. The van der Waals surface area contributed by atoms with E-state index in [0.29, 0.717) is 49.0 Å². The van der Waals surface area contributed by atoms with Gasteiger partial charge in [0, 0.05) is 31.6 Å². The highest BCUT2D eigenvalue weighted by molar-refractivity contribution is 6.01. The topological polar surface area (TPSA) is 89.4 Å². The predicted octanol–water partition coefficient (Wildman–Crippen LogP) is 6.31. The maximum absolute atomic E-state index is 14.3. The average Bonchev–Trinajstić information content (AvgIpc) is 3.46. The summed E-state index contributed by atoms with van der Waals surface area (Å²) in [6.07, 6.45) is 4.39. The normalized spacial score (nSPS) is 17.5. The highest BCUT2D eigenvalue weighted by Gasteiger charge is 2.52. The quantitative estimate of drug-likeness (QED) is 0.164. The fourth-order valence-electron chi connectivity index (χ4n) is 5.22. The Labute approximate surface area is 263 Å². The third-order valence-electron chi connectivity index (χ3n) is 7.55. The van der Waals surface area contributed by atoms with Crippen molar-refractivity contribution in [1.29, 1.82) is 0 Å². The van der Waals surface area contributed by atoms with E-state index < -0.39 is 11.6 Å². The van der Waals surface area contributed by atoms with E-state index in [-0.39, 0.29) is 24.8 Å². The molecule has 0 aromatic heterocycles. The van der Waals surface area contributed by atoms with Gasteiger partial charge in [-0.15, -0.1) is 0 Å². The molecule has 5 rings (SSSR count). The Balaban J connectivity index is 1.50. The molecule has 0 radical (unpaired) electrons.